The highest BCUT2D eigenvalue weighted by molar-refractivity contribution is 7.92. The second-order valence-corrected chi connectivity index (χ2v) is 6.67. The van der Waals surface area contributed by atoms with Gasteiger partial charge in [-0.05, 0) is 30.6 Å². The van der Waals surface area contributed by atoms with E-state index in [1.54, 1.807) is 0 Å². The largest absolute Gasteiger partial charge is 0.230 e. The van der Waals surface area contributed by atoms with Crippen LogP contribution >= 0.6 is 0 Å². The molecule has 2 aliphatic rings. The lowest BCUT2D eigenvalue weighted by molar-refractivity contribution is 0.130. The molecule has 2 saturated carbocycles. The second-order valence-electron chi connectivity index (χ2n) is 5.22. The molecule has 0 aromatic heterocycles. The molecule has 92 valence electrons. The first kappa shape index (κ1) is 12.1. The molecule has 3 nitrogen and oxygen atoms in total. The van der Waals surface area contributed by atoms with Crippen LogP contribution in [0.5, 0.6) is 0 Å². The van der Waals surface area contributed by atoms with Crippen LogP contribution < -0.4 is 5.14 Å². The van der Waals surface area contributed by atoms with Gasteiger partial charge in [0.15, 0.2) is 0 Å². The number of primary sulfonamides is 1. The van der Waals surface area contributed by atoms with Crippen molar-refractivity contribution in [1.82, 2.24) is 0 Å². The van der Waals surface area contributed by atoms with E-state index in [4.69, 9.17) is 5.14 Å². The van der Waals surface area contributed by atoms with Crippen LogP contribution in [0.15, 0.2) is 11.5 Å². The molecule has 0 heterocycles. The number of rotatable bonds is 2. The zero-order chi connectivity index (χ0) is 11.6. The van der Waals surface area contributed by atoms with Crippen molar-refractivity contribution in [2.45, 2.75) is 44.9 Å². The Bertz CT molecular complexity index is 359. The Morgan fingerprint density at radius 3 is 2.44 bits per heavy atom. The lowest BCUT2D eigenvalue weighted by Crippen LogP contribution is -2.30. The molecule has 2 aliphatic carbocycles. The van der Waals surface area contributed by atoms with Gasteiger partial charge in [-0.1, -0.05) is 38.2 Å². The van der Waals surface area contributed by atoms with Crippen molar-refractivity contribution in [3.63, 3.8) is 0 Å². The van der Waals surface area contributed by atoms with Gasteiger partial charge >= 0.3 is 0 Å². The Labute approximate surface area is 98.2 Å². The number of allylic oxidation sites excluding steroid dienone is 1. The van der Waals surface area contributed by atoms with Crippen molar-refractivity contribution in [2.75, 3.05) is 0 Å². The minimum Gasteiger partial charge on any atom is -0.225 e. The molecule has 0 saturated heterocycles. The molecule has 0 aromatic rings. The summed E-state index contributed by atoms with van der Waals surface area (Å²) >= 11 is 0. The average Bonchev–Trinajstić information content (AvgIpc) is 2.25. The number of fused-ring (bicyclic) bond motifs is 1. The van der Waals surface area contributed by atoms with E-state index in [1.165, 1.54) is 43.9 Å². The van der Waals surface area contributed by atoms with Crippen LogP contribution in [0.4, 0.5) is 0 Å². The molecule has 0 aromatic carbocycles. The first-order valence-electron chi connectivity index (χ1n) is 6.27. The first-order valence-corrected chi connectivity index (χ1v) is 7.88. The summed E-state index contributed by atoms with van der Waals surface area (Å²) in [5, 5.41) is 6.21. The van der Waals surface area contributed by atoms with Crippen LogP contribution in [0.1, 0.15) is 44.9 Å². The number of sulfonamides is 1. The Morgan fingerprint density at radius 2 is 1.69 bits per heavy atom. The Hall–Kier alpha value is -0.350. The van der Waals surface area contributed by atoms with Gasteiger partial charge in [-0.25, -0.2) is 13.6 Å². The van der Waals surface area contributed by atoms with Crippen LogP contribution in [0, 0.1) is 17.8 Å². The third kappa shape index (κ3) is 3.08. The Kier molecular flexibility index (Phi) is 3.70. The van der Waals surface area contributed by atoms with Gasteiger partial charge < -0.3 is 0 Å². The summed E-state index contributed by atoms with van der Waals surface area (Å²) in [7, 11) is -3.44. The van der Waals surface area contributed by atoms with Crippen LogP contribution in [-0.2, 0) is 10.0 Å². The molecule has 0 bridgehead atoms. The van der Waals surface area contributed by atoms with E-state index in [0.717, 1.165) is 12.3 Å². The van der Waals surface area contributed by atoms with Gasteiger partial charge in [0, 0.05) is 5.41 Å². The summed E-state index contributed by atoms with van der Waals surface area (Å²) in [5.41, 5.74) is 0. The second kappa shape index (κ2) is 4.88. The van der Waals surface area contributed by atoms with Crippen molar-refractivity contribution < 1.29 is 8.42 Å². The summed E-state index contributed by atoms with van der Waals surface area (Å²) in [5.74, 6) is 1.98. The van der Waals surface area contributed by atoms with E-state index >= 15 is 0 Å². The summed E-state index contributed by atoms with van der Waals surface area (Å²) in [4.78, 5) is 0. The van der Waals surface area contributed by atoms with Gasteiger partial charge in [0.1, 0.15) is 0 Å². The van der Waals surface area contributed by atoms with Gasteiger partial charge in [0.05, 0.1) is 0 Å². The van der Waals surface area contributed by atoms with Crippen LogP contribution in [0.2, 0.25) is 0 Å². The molecule has 0 aliphatic heterocycles. The van der Waals surface area contributed by atoms with Crippen molar-refractivity contribution in [1.29, 1.82) is 0 Å². The topological polar surface area (TPSA) is 60.2 Å². The monoisotopic (exact) mass is 243 g/mol. The van der Waals surface area contributed by atoms with E-state index in [9.17, 15) is 8.42 Å². The molecule has 2 rings (SSSR count). The van der Waals surface area contributed by atoms with Gasteiger partial charge in [0.25, 0.3) is 0 Å². The van der Waals surface area contributed by atoms with Gasteiger partial charge in [-0.15, -0.1) is 0 Å². The Balaban J connectivity index is 2.05. The highest BCUT2D eigenvalue weighted by Crippen LogP contribution is 2.44. The standard InChI is InChI=1S/C12H21NO2S/c13-16(14,15)9-8-11-6-3-5-10-4-1-2-7-12(10)11/h8-12H,1-7H2,(H2,13,14,15)/t10-,11+,12-/m0/s1. The maximum Gasteiger partial charge on any atom is 0.230 e. The van der Waals surface area contributed by atoms with Gasteiger partial charge in [-0.2, -0.15) is 0 Å². The van der Waals surface area contributed by atoms with E-state index in [1.807, 2.05) is 6.08 Å². The average molecular weight is 243 g/mol. The normalized spacial score (nSPS) is 36.2. The smallest absolute Gasteiger partial charge is 0.225 e. The number of nitrogens with two attached hydrogens (primary N) is 1. The molecular formula is C12H21NO2S. The van der Waals surface area contributed by atoms with Crippen molar-refractivity contribution in [3.05, 3.63) is 11.5 Å². The van der Waals surface area contributed by atoms with E-state index in [2.05, 4.69) is 0 Å². The lowest BCUT2D eigenvalue weighted by atomic mass is 9.65. The molecular weight excluding hydrogens is 222 g/mol. The predicted molar refractivity (Wildman–Crippen MR) is 65.0 cm³/mol. The van der Waals surface area contributed by atoms with Crippen LogP contribution in [0.3, 0.4) is 0 Å². The third-order valence-corrected chi connectivity index (χ3v) is 4.68. The quantitative estimate of drug-likeness (QED) is 0.809. The van der Waals surface area contributed by atoms with E-state index in [0.29, 0.717) is 11.8 Å². The highest BCUT2D eigenvalue weighted by atomic mass is 32.2. The van der Waals surface area contributed by atoms with E-state index < -0.39 is 10.0 Å². The Morgan fingerprint density at radius 1 is 1.00 bits per heavy atom. The SMILES string of the molecule is NS(=O)(=O)C=C[C@H]1CCC[C@@H]2CCCC[C@@H]21. The minimum absolute atomic E-state index is 0.442. The van der Waals surface area contributed by atoms with Crippen molar-refractivity contribution in [2.24, 2.45) is 22.9 Å². The van der Waals surface area contributed by atoms with Crippen LogP contribution in [0.25, 0.3) is 0 Å². The maximum atomic E-state index is 10.9. The minimum atomic E-state index is -3.44. The summed E-state index contributed by atoms with van der Waals surface area (Å²) in [6.45, 7) is 0. The zero-order valence-electron chi connectivity index (χ0n) is 9.64. The molecule has 2 fully saturated rings. The summed E-state index contributed by atoms with van der Waals surface area (Å²) < 4.78 is 21.8. The van der Waals surface area contributed by atoms with Crippen molar-refractivity contribution >= 4 is 10.0 Å². The van der Waals surface area contributed by atoms with Gasteiger partial charge in [-0.3, -0.25) is 0 Å². The predicted octanol–water partition coefficient (Wildman–Crippen LogP) is 2.40. The molecule has 0 radical (unpaired) electrons. The fourth-order valence-electron chi connectivity index (χ4n) is 3.44. The zero-order valence-corrected chi connectivity index (χ0v) is 10.5. The molecule has 3 atom stereocenters. The molecule has 0 unspecified atom stereocenters. The molecule has 4 heteroatoms. The summed E-state index contributed by atoms with van der Waals surface area (Å²) in [6, 6.07) is 0. The van der Waals surface area contributed by atoms with Gasteiger partial charge in [0.2, 0.25) is 10.0 Å². The summed E-state index contributed by atoms with van der Waals surface area (Å²) in [6.07, 6.45) is 10.8. The fraction of sp³-hybridized carbons (Fsp3) is 0.833. The molecule has 0 amide bonds. The maximum absolute atomic E-state index is 10.9. The lowest BCUT2D eigenvalue weighted by Gasteiger charge is -2.40. The highest BCUT2D eigenvalue weighted by Gasteiger charge is 2.33. The molecule has 0 spiro atoms. The van der Waals surface area contributed by atoms with E-state index in [-0.39, 0.29) is 0 Å². The number of hydrogen-bond donors (Lipinski definition) is 1. The number of hydrogen-bond acceptors (Lipinski definition) is 2. The third-order valence-electron chi connectivity index (χ3n) is 4.15. The molecule has 2 N–H and O–H groups in total. The van der Waals surface area contributed by atoms with Crippen molar-refractivity contribution in [3.8, 4) is 0 Å². The first-order chi connectivity index (χ1) is 7.56. The molecule has 16 heavy (non-hydrogen) atoms. The fourth-order valence-corrected chi connectivity index (χ4v) is 3.86. The van der Waals surface area contributed by atoms with Crippen LogP contribution in [-0.4, -0.2) is 8.42 Å².